The normalized spacial score (nSPS) is 10.8. The Kier molecular flexibility index (Phi) is 13.6. The fourth-order valence-corrected chi connectivity index (χ4v) is 0.951. The maximum Gasteiger partial charge on any atom is 0.0590 e. The van der Waals surface area contributed by atoms with Crippen LogP contribution in [-0.4, -0.2) is 62.9 Å². The molecule has 15 heavy (non-hydrogen) atoms. The summed E-state index contributed by atoms with van der Waals surface area (Å²) < 4.78 is 10.4. The molecular formula is C10H23NO4. The molecule has 0 rings (SSSR count). The Morgan fingerprint density at radius 1 is 0.733 bits per heavy atom. The molecule has 0 aromatic rings. The lowest BCUT2D eigenvalue weighted by Crippen LogP contribution is -2.24. The van der Waals surface area contributed by atoms with Gasteiger partial charge in [0.2, 0.25) is 0 Å². The highest BCUT2D eigenvalue weighted by Gasteiger charge is 1.90. The summed E-state index contributed by atoms with van der Waals surface area (Å²) in [4.78, 5) is 0. The number of aliphatic hydroxyl groups is 2. The second-order valence-corrected chi connectivity index (χ2v) is 3.13. The zero-order valence-corrected chi connectivity index (χ0v) is 9.28. The van der Waals surface area contributed by atoms with Crippen molar-refractivity contribution in [3.8, 4) is 0 Å². The molecule has 0 atom stereocenters. The van der Waals surface area contributed by atoms with Gasteiger partial charge in [-0.2, -0.15) is 0 Å². The Morgan fingerprint density at radius 3 is 1.60 bits per heavy atom. The topological polar surface area (TPSA) is 71.0 Å². The lowest BCUT2D eigenvalue weighted by atomic mass is 10.5. The third kappa shape index (κ3) is 13.8. The fourth-order valence-electron chi connectivity index (χ4n) is 0.951. The molecule has 5 nitrogen and oxygen atoms in total. The maximum absolute atomic E-state index is 8.48. The van der Waals surface area contributed by atoms with Gasteiger partial charge in [0, 0.05) is 39.5 Å². The summed E-state index contributed by atoms with van der Waals surface area (Å²) in [6, 6.07) is 0. The Morgan fingerprint density at radius 2 is 1.20 bits per heavy atom. The Balaban J connectivity index is 2.81. The van der Waals surface area contributed by atoms with Gasteiger partial charge in [-0.15, -0.1) is 0 Å². The van der Waals surface area contributed by atoms with Gasteiger partial charge in [0.25, 0.3) is 0 Å². The average Bonchev–Trinajstić information content (AvgIpc) is 2.26. The largest absolute Gasteiger partial charge is 0.396 e. The van der Waals surface area contributed by atoms with E-state index < -0.39 is 0 Å². The van der Waals surface area contributed by atoms with Crippen molar-refractivity contribution in [3.63, 3.8) is 0 Å². The van der Waals surface area contributed by atoms with Crippen LogP contribution in [0.3, 0.4) is 0 Å². The summed E-state index contributed by atoms with van der Waals surface area (Å²) in [5, 5.41) is 20.1. The SMILES string of the molecule is OCCCOCCNCCOCCCO. The predicted molar refractivity (Wildman–Crippen MR) is 57.9 cm³/mol. The summed E-state index contributed by atoms with van der Waals surface area (Å²) in [7, 11) is 0. The van der Waals surface area contributed by atoms with E-state index in [1.54, 1.807) is 0 Å². The average molecular weight is 221 g/mol. The van der Waals surface area contributed by atoms with E-state index in [0.29, 0.717) is 39.3 Å². The third-order valence-corrected chi connectivity index (χ3v) is 1.74. The van der Waals surface area contributed by atoms with E-state index in [9.17, 15) is 0 Å². The van der Waals surface area contributed by atoms with Gasteiger partial charge >= 0.3 is 0 Å². The van der Waals surface area contributed by atoms with Crippen molar-refractivity contribution in [1.82, 2.24) is 5.32 Å². The van der Waals surface area contributed by atoms with Crippen LogP contribution in [0.2, 0.25) is 0 Å². The van der Waals surface area contributed by atoms with E-state index in [2.05, 4.69) is 5.32 Å². The summed E-state index contributed by atoms with van der Waals surface area (Å²) in [5.41, 5.74) is 0. The monoisotopic (exact) mass is 221 g/mol. The van der Waals surface area contributed by atoms with Crippen molar-refractivity contribution < 1.29 is 19.7 Å². The molecule has 0 aliphatic heterocycles. The molecular weight excluding hydrogens is 198 g/mol. The summed E-state index contributed by atoms with van der Waals surface area (Å²) in [6.45, 7) is 4.53. The molecule has 0 saturated carbocycles. The van der Waals surface area contributed by atoms with Crippen LogP contribution in [-0.2, 0) is 9.47 Å². The minimum Gasteiger partial charge on any atom is -0.396 e. The van der Waals surface area contributed by atoms with Crippen LogP contribution < -0.4 is 5.32 Å². The molecule has 0 saturated heterocycles. The number of hydrogen-bond acceptors (Lipinski definition) is 5. The fraction of sp³-hybridized carbons (Fsp3) is 1.00. The number of nitrogens with one attached hydrogen (secondary N) is 1. The van der Waals surface area contributed by atoms with Gasteiger partial charge in [-0.3, -0.25) is 0 Å². The minimum atomic E-state index is 0.187. The number of ether oxygens (including phenoxy) is 2. The Bertz CT molecular complexity index is 102. The highest BCUT2D eigenvalue weighted by Crippen LogP contribution is 1.81. The number of hydrogen-bond donors (Lipinski definition) is 3. The van der Waals surface area contributed by atoms with Gasteiger partial charge in [-0.05, 0) is 12.8 Å². The van der Waals surface area contributed by atoms with Crippen LogP contribution in [0.25, 0.3) is 0 Å². The molecule has 0 aliphatic carbocycles. The lowest BCUT2D eigenvalue weighted by Gasteiger charge is -2.06. The molecule has 0 amide bonds. The van der Waals surface area contributed by atoms with Crippen molar-refractivity contribution >= 4 is 0 Å². The van der Waals surface area contributed by atoms with E-state index in [1.807, 2.05) is 0 Å². The molecule has 0 unspecified atom stereocenters. The van der Waals surface area contributed by atoms with Crippen LogP contribution >= 0.6 is 0 Å². The molecule has 0 aromatic carbocycles. The van der Waals surface area contributed by atoms with Crippen molar-refractivity contribution in [2.75, 3.05) is 52.7 Å². The van der Waals surface area contributed by atoms with Gasteiger partial charge in [0.15, 0.2) is 0 Å². The van der Waals surface area contributed by atoms with E-state index in [0.717, 1.165) is 13.1 Å². The van der Waals surface area contributed by atoms with Gasteiger partial charge in [0.05, 0.1) is 13.2 Å². The first kappa shape index (κ1) is 14.8. The quantitative estimate of drug-likeness (QED) is 0.383. The second kappa shape index (κ2) is 13.8. The third-order valence-electron chi connectivity index (χ3n) is 1.74. The van der Waals surface area contributed by atoms with Crippen molar-refractivity contribution in [2.45, 2.75) is 12.8 Å². The molecule has 0 spiro atoms. The van der Waals surface area contributed by atoms with E-state index in [-0.39, 0.29) is 13.2 Å². The molecule has 5 heteroatoms. The van der Waals surface area contributed by atoms with Gasteiger partial charge in [-0.1, -0.05) is 0 Å². The van der Waals surface area contributed by atoms with Crippen LogP contribution in [0.1, 0.15) is 12.8 Å². The molecule has 3 N–H and O–H groups in total. The van der Waals surface area contributed by atoms with Gasteiger partial charge in [0.1, 0.15) is 0 Å². The second-order valence-electron chi connectivity index (χ2n) is 3.13. The first-order valence-corrected chi connectivity index (χ1v) is 5.49. The van der Waals surface area contributed by atoms with E-state index in [4.69, 9.17) is 19.7 Å². The molecule has 0 bridgehead atoms. The highest BCUT2D eigenvalue weighted by molar-refractivity contribution is 4.45. The Hall–Kier alpha value is -0.200. The van der Waals surface area contributed by atoms with Crippen LogP contribution in [0.5, 0.6) is 0 Å². The maximum atomic E-state index is 8.48. The van der Waals surface area contributed by atoms with E-state index in [1.165, 1.54) is 0 Å². The molecule has 0 radical (unpaired) electrons. The van der Waals surface area contributed by atoms with Gasteiger partial charge < -0.3 is 25.0 Å². The zero-order chi connectivity index (χ0) is 11.2. The Labute approximate surface area is 91.4 Å². The first-order valence-electron chi connectivity index (χ1n) is 5.49. The smallest absolute Gasteiger partial charge is 0.0590 e. The van der Waals surface area contributed by atoms with E-state index >= 15 is 0 Å². The number of aliphatic hydroxyl groups excluding tert-OH is 2. The van der Waals surface area contributed by atoms with Crippen molar-refractivity contribution in [2.24, 2.45) is 0 Å². The van der Waals surface area contributed by atoms with Crippen LogP contribution in [0, 0.1) is 0 Å². The predicted octanol–water partition coefficient (Wildman–Crippen LogP) is -0.626. The van der Waals surface area contributed by atoms with Crippen LogP contribution in [0.4, 0.5) is 0 Å². The summed E-state index contributed by atoms with van der Waals surface area (Å²) >= 11 is 0. The molecule has 0 fully saturated rings. The van der Waals surface area contributed by atoms with Crippen molar-refractivity contribution in [1.29, 1.82) is 0 Å². The minimum absolute atomic E-state index is 0.187. The molecule has 0 aliphatic rings. The molecule has 0 aromatic heterocycles. The van der Waals surface area contributed by atoms with Crippen molar-refractivity contribution in [3.05, 3.63) is 0 Å². The lowest BCUT2D eigenvalue weighted by molar-refractivity contribution is 0.105. The van der Waals surface area contributed by atoms with Crippen LogP contribution in [0.15, 0.2) is 0 Å². The number of rotatable bonds is 12. The zero-order valence-electron chi connectivity index (χ0n) is 9.28. The molecule has 0 heterocycles. The van der Waals surface area contributed by atoms with Gasteiger partial charge in [-0.25, -0.2) is 0 Å². The molecule has 92 valence electrons. The first-order chi connectivity index (χ1) is 7.41. The highest BCUT2D eigenvalue weighted by atomic mass is 16.5. The summed E-state index contributed by atoms with van der Waals surface area (Å²) in [6.07, 6.45) is 1.40. The summed E-state index contributed by atoms with van der Waals surface area (Å²) in [5.74, 6) is 0. The standard InChI is InChI=1S/C10H23NO4/c12-5-1-7-14-9-3-11-4-10-15-8-2-6-13/h11-13H,1-10H2.